The maximum absolute atomic E-state index is 13.6. The molecular formula is C18H17ClF3NOS2. The summed E-state index contributed by atoms with van der Waals surface area (Å²) in [5.74, 6) is 0. The van der Waals surface area contributed by atoms with Crippen molar-refractivity contribution in [2.75, 3.05) is 0 Å². The molecule has 0 aliphatic carbocycles. The van der Waals surface area contributed by atoms with Crippen molar-refractivity contribution >= 4 is 39.2 Å². The molecule has 1 atom stereocenters. The van der Waals surface area contributed by atoms with E-state index in [0.717, 1.165) is 23.9 Å². The van der Waals surface area contributed by atoms with Crippen molar-refractivity contribution in [2.45, 2.75) is 41.5 Å². The Balaban J connectivity index is 2.70. The van der Waals surface area contributed by atoms with Gasteiger partial charge in [0.05, 0.1) is 21.4 Å². The summed E-state index contributed by atoms with van der Waals surface area (Å²) in [6.07, 6.45) is -4.69. The van der Waals surface area contributed by atoms with Gasteiger partial charge in [0, 0.05) is 20.1 Å². The predicted octanol–water partition coefficient (Wildman–Crippen LogP) is 6.38. The first-order valence-electron chi connectivity index (χ1n) is 7.56. The molecule has 0 aromatic heterocycles. The summed E-state index contributed by atoms with van der Waals surface area (Å²) in [5.41, 5.74) is -1.44. The first-order chi connectivity index (χ1) is 11.9. The van der Waals surface area contributed by atoms with E-state index in [4.69, 9.17) is 17.0 Å². The monoisotopic (exact) mass is 419 g/mol. The average molecular weight is 420 g/mol. The molecule has 1 unspecified atom stereocenters. The van der Waals surface area contributed by atoms with Crippen LogP contribution in [0.2, 0.25) is 5.02 Å². The quantitative estimate of drug-likeness (QED) is 0.463. The average Bonchev–Trinajstić information content (AvgIpc) is 2.54. The molecular weight excluding hydrogens is 403 g/mol. The van der Waals surface area contributed by atoms with Crippen LogP contribution in [0.5, 0.6) is 0 Å². The van der Waals surface area contributed by atoms with Crippen molar-refractivity contribution in [1.82, 2.24) is 0 Å². The van der Waals surface area contributed by atoms with E-state index < -0.39 is 37.9 Å². The van der Waals surface area contributed by atoms with E-state index in [1.165, 1.54) is 0 Å². The van der Waals surface area contributed by atoms with Gasteiger partial charge < -0.3 is 0 Å². The summed E-state index contributed by atoms with van der Waals surface area (Å²) in [6, 6.07) is 10.7. The van der Waals surface area contributed by atoms with Crippen LogP contribution >= 0.6 is 23.4 Å². The van der Waals surface area contributed by atoms with Gasteiger partial charge in [0.15, 0.2) is 0 Å². The minimum Gasteiger partial charge on any atom is -0.291 e. The fraction of sp³-hybridized carbons (Fsp3) is 0.278. The van der Waals surface area contributed by atoms with Gasteiger partial charge in [-0.1, -0.05) is 41.6 Å². The minimum absolute atomic E-state index is 0.0790. The van der Waals surface area contributed by atoms with Gasteiger partial charge in [-0.15, -0.1) is 0 Å². The first kappa shape index (κ1) is 21.0. The molecule has 2 aromatic carbocycles. The lowest BCUT2D eigenvalue weighted by Crippen LogP contribution is -2.30. The molecule has 0 amide bonds. The molecule has 2 rings (SSSR count). The third-order valence-corrected chi connectivity index (χ3v) is 6.60. The maximum Gasteiger partial charge on any atom is 0.417 e. The maximum atomic E-state index is 13.6. The number of nitrogens with one attached hydrogen (secondary N) is 1. The van der Waals surface area contributed by atoms with Crippen molar-refractivity contribution in [3.63, 3.8) is 0 Å². The largest absolute Gasteiger partial charge is 0.417 e. The highest BCUT2D eigenvalue weighted by Gasteiger charge is 2.39. The van der Waals surface area contributed by atoms with Gasteiger partial charge in [0.25, 0.3) is 0 Å². The zero-order chi connectivity index (χ0) is 19.7. The third kappa shape index (κ3) is 4.69. The Bertz CT molecular complexity index is 846. The number of hydrogen-bond acceptors (Lipinski definition) is 3. The summed E-state index contributed by atoms with van der Waals surface area (Å²) in [5, 5.41) is 7.75. The van der Waals surface area contributed by atoms with Gasteiger partial charge in [0.1, 0.15) is 5.04 Å². The highest BCUT2D eigenvalue weighted by atomic mass is 35.5. The van der Waals surface area contributed by atoms with Crippen molar-refractivity contribution in [2.24, 2.45) is 0 Å². The summed E-state index contributed by atoms with van der Waals surface area (Å²) in [4.78, 5) is 0.750. The van der Waals surface area contributed by atoms with Gasteiger partial charge in [-0.25, -0.2) is 0 Å². The topological polar surface area (TPSA) is 40.9 Å². The van der Waals surface area contributed by atoms with Crippen LogP contribution in [0.3, 0.4) is 0 Å². The standard InChI is InChI=1S/C18H17ClF3NOS2/c1-17(2,3)26(24)16(23)14-12(18(20,21)22)9-10-13(19)15(14)25-11-7-5-4-6-8-11/h4-10,23H,1-3H3. The second kappa shape index (κ2) is 7.74. The van der Waals surface area contributed by atoms with E-state index in [9.17, 15) is 17.4 Å². The predicted molar refractivity (Wildman–Crippen MR) is 102 cm³/mol. The molecule has 2 nitrogen and oxygen atoms in total. The molecule has 0 radical (unpaired) electrons. The molecule has 0 saturated carbocycles. The van der Waals surface area contributed by atoms with Crippen LogP contribution in [-0.2, 0) is 17.0 Å². The molecule has 2 aromatic rings. The van der Waals surface area contributed by atoms with Crippen LogP contribution in [0, 0.1) is 5.41 Å². The Labute approximate surface area is 162 Å². The fourth-order valence-corrected chi connectivity index (χ4v) is 4.48. The second-order valence-electron chi connectivity index (χ2n) is 6.42. The zero-order valence-corrected chi connectivity index (χ0v) is 16.7. The lowest BCUT2D eigenvalue weighted by atomic mass is 10.1. The van der Waals surface area contributed by atoms with E-state index in [1.54, 1.807) is 51.1 Å². The Hall–Kier alpha value is -1.31. The van der Waals surface area contributed by atoms with Crippen molar-refractivity contribution in [1.29, 1.82) is 5.41 Å². The molecule has 1 N–H and O–H groups in total. The summed E-state index contributed by atoms with van der Waals surface area (Å²) in [7, 11) is -1.94. The van der Waals surface area contributed by atoms with Gasteiger partial charge in [-0.2, -0.15) is 13.2 Å². The normalized spacial score (nSPS) is 13.5. The van der Waals surface area contributed by atoms with Gasteiger partial charge in [-0.3, -0.25) is 9.62 Å². The molecule has 0 heterocycles. The van der Waals surface area contributed by atoms with Crippen LogP contribution in [0.15, 0.2) is 52.3 Å². The first-order valence-corrected chi connectivity index (χ1v) is 9.90. The Morgan fingerprint density at radius 3 is 2.15 bits per heavy atom. The third-order valence-electron chi connectivity index (χ3n) is 3.35. The molecule has 0 aliphatic heterocycles. The minimum atomic E-state index is -4.69. The van der Waals surface area contributed by atoms with Crippen LogP contribution in [0.1, 0.15) is 31.9 Å². The number of hydrogen-bond donors (Lipinski definition) is 1. The van der Waals surface area contributed by atoms with Crippen molar-refractivity contribution in [3.05, 3.63) is 58.6 Å². The molecule has 0 saturated heterocycles. The molecule has 0 spiro atoms. The fourth-order valence-electron chi connectivity index (χ4n) is 2.12. The lowest BCUT2D eigenvalue weighted by molar-refractivity contribution is -0.137. The van der Waals surface area contributed by atoms with E-state index in [2.05, 4.69) is 0 Å². The van der Waals surface area contributed by atoms with Gasteiger partial charge >= 0.3 is 6.18 Å². The van der Waals surface area contributed by atoms with Crippen LogP contribution in [0.25, 0.3) is 0 Å². The Kier molecular flexibility index (Phi) is 6.25. The second-order valence-corrected chi connectivity index (χ2v) is 10.1. The van der Waals surface area contributed by atoms with Crippen LogP contribution in [0.4, 0.5) is 13.2 Å². The smallest absolute Gasteiger partial charge is 0.291 e. The van der Waals surface area contributed by atoms with E-state index in [-0.39, 0.29) is 9.92 Å². The van der Waals surface area contributed by atoms with Gasteiger partial charge in [-0.05, 0) is 45.0 Å². The van der Waals surface area contributed by atoms with E-state index in [1.807, 2.05) is 0 Å². The Morgan fingerprint density at radius 2 is 1.65 bits per heavy atom. The highest BCUT2D eigenvalue weighted by molar-refractivity contribution is 8.02. The van der Waals surface area contributed by atoms with Crippen LogP contribution < -0.4 is 0 Å². The molecule has 140 valence electrons. The highest BCUT2D eigenvalue weighted by Crippen LogP contribution is 2.43. The zero-order valence-electron chi connectivity index (χ0n) is 14.3. The van der Waals surface area contributed by atoms with Gasteiger partial charge in [0.2, 0.25) is 0 Å². The number of alkyl halides is 3. The van der Waals surface area contributed by atoms with E-state index in [0.29, 0.717) is 4.90 Å². The molecule has 26 heavy (non-hydrogen) atoms. The number of rotatable bonds is 3. The lowest BCUT2D eigenvalue weighted by Gasteiger charge is -2.23. The molecule has 0 fully saturated rings. The van der Waals surface area contributed by atoms with Crippen molar-refractivity contribution in [3.8, 4) is 0 Å². The van der Waals surface area contributed by atoms with Crippen LogP contribution in [-0.4, -0.2) is 14.0 Å². The SMILES string of the molecule is CC(C)(C)S(=O)C(=N)c1c(C(F)(F)F)ccc(Cl)c1Sc1ccccc1. The number of benzene rings is 2. The summed E-state index contributed by atoms with van der Waals surface area (Å²) < 4.78 is 52.5. The molecule has 0 bridgehead atoms. The molecule has 8 heteroatoms. The van der Waals surface area contributed by atoms with Crippen molar-refractivity contribution < 1.29 is 17.4 Å². The number of halogens is 4. The molecule has 0 aliphatic rings. The van der Waals surface area contributed by atoms with E-state index >= 15 is 0 Å². The summed E-state index contributed by atoms with van der Waals surface area (Å²) in [6.45, 7) is 4.83. The summed E-state index contributed by atoms with van der Waals surface area (Å²) >= 11 is 7.20. The Morgan fingerprint density at radius 1 is 1.08 bits per heavy atom.